The molecule has 26 heavy (non-hydrogen) atoms. The summed E-state index contributed by atoms with van der Waals surface area (Å²) in [6, 6.07) is 9.28. The first kappa shape index (κ1) is 18.7. The Morgan fingerprint density at radius 3 is 2.35 bits per heavy atom. The fourth-order valence-corrected chi connectivity index (χ4v) is 2.20. The summed E-state index contributed by atoms with van der Waals surface area (Å²) >= 11 is 0. The summed E-state index contributed by atoms with van der Waals surface area (Å²) in [6.07, 6.45) is 1.25. The van der Waals surface area contributed by atoms with Gasteiger partial charge in [0.2, 0.25) is 5.75 Å². The first-order valence-electron chi connectivity index (χ1n) is 7.38. The molecule has 9 nitrogen and oxygen atoms in total. The van der Waals surface area contributed by atoms with Gasteiger partial charge in [0.15, 0.2) is 0 Å². The van der Waals surface area contributed by atoms with Crippen LogP contribution in [0, 0.1) is 10.1 Å². The highest BCUT2D eigenvalue weighted by Gasteiger charge is 2.19. The van der Waals surface area contributed by atoms with Gasteiger partial charge in [-0.15, -0.1) is 0 Å². The summed E-state index contributed by atoms with van der Waals surface area (Å²) in [5, 5.41) is 15.0. The highest BCUT2D eigenvalue weighted by molar-refractivity contribution is 5.97. The zero-order valence-corrected chi connectivity index (χ0v) is 14.4. The van der Waals surface area contributed by atoms with Crippen molar-refractivity contribution in [3.8, 4) is 17.2 Å². The summed E-state index contributed by atoms with van der Waals surface area (Å²) in [4.78, 5) is 22.7. The topological polar surface area (TPSA) is 112 Å². The van der Waals surface area contributed by atoms with Crippen molar-refractivity contribution in [2.75, 3.05) is 21.3 Å². The monoisotopic (exact) mass is 359 g/mol. The van der Waals surface area contributed by atoms with Gasteiger partial charge in [0.1, 0.15) is 11.5 Å². The van der Waals surface area contributed by atoms with Crippen LogP contribution in [-0.2, 0) is 0 Å². The zero-order chi connectivity index (χ0) is 19.1. The van der Waals surface area contributed by atoms with Crippen LogP contribution < -0.4 is 19.6 Å². The Bertz CT molecular complexity index is 850. The van der Waals surface area contributed by atoms with Crippen LogP contribution in [0.2, 0.25) is 0 Å². The Balaban J connectivity index is 2.25. The van der Waals surface area contributed by atoms with Gasteiger partial charge in [-0.25, -0.2) is 5.43 Å². The summed E-state index contributed by atoms with van der Waals surface area (Å²) in [5.74, 6) is 0.281. The third kappa shape index (κ3) is 4.07. The van der Waals surface area contributed by atoms with E-state index in [0.29, 0.717) is 22.6 Å². The van der Waals surface area contributed by atoms with Gasteiger partial charge in [0, 0.05) is 17.7 Å². The van der Waals surface area contributed by atoms with Crippen molar-refractivity contribution < 1.29 is 23.9 Å². The largest absolute Gasteiger partial charge is 0.496 e. The lowest BCUT2D eigenvalue weighted by Gasteiger charge is -2.08. The molecule has 0 aliphatic rings. The van der Waals surface area contributed by atoms with Crippen LogP contribution >= 0.6 is 0 Å². The van der Waals surface area contributed by atoms with Gasteiger partial charge in [-0.05, 0) is 12.1 Å². The van der Waals surface area contributed by atoms with E-state index < -0.39 is 10.8 Å². The predicted octanol–water partition coefficient (Wildman–Crippen LogP) is 2.38. The van der Waals surface area contributed by atoms with Crippen molar-refractivity contribution in [3.63, 3.8) is 0 Å². The molecule has 0 atom stereocenters. The molecule has 0 aliphatic carbocycles. The van der Waals surface area contributed by atoms with Crippen LogP contribution in [0.15, 0.2) is 41.5 Å². The van der Waals surface area contributed by atoms with Crippen LogP contribution in [0.25, 0.3) is 0 Å². The van der Waals surface area contributed by atoms with Gasteiger partial charge in [0.05, 0.1) is 38.0 Å². The van der Waals surface area contributed by atoms with Crippen molar-refractivity contribution in [3.05, 3.63) is 57.6 Å². The van der Waals surface area contributed by atoms with Gasteiger partial charge < -0.3 is 14.2 Å². The number of hydrogen-bond acceptors (Lipinski definition) is 7. The van der Waals surface area contributed by atoms with E-state index in [1.54, 1.807) is 24.3 Å². The van der Waals surface area contributed by atoms with Crippen molar-refractivity contribution in [2.45, 2.75) is 0 Å². The average molecular weight is 359 g/mol. The molecule has 0 aliphatic heterocycles. The number of carbonyl (C=O) groups excluding carboxylic acids is 1. The van der Waals surface area contributed by atoms with Crippen LogP contribution in [0.3, 0.4) is 0 Å². The number of hydrazone groups is 1. The maximum absolute atomic E-state index is 12.2. The van der Waals surface area contributed by atoms with Crippen LogP contribution in [0.1, 0.15) is 15.9 Å². The molecule has 9 heteroatoms. The number of ether oxygens (including phenoxy) is 3. The molecular weight excluding hydrogens is 342 g/mol. The minimum Gasteiger partial charge on any atom is -0.496 e. The highest BCUT2D eigenvalue weighted by Crippen LogP contribution is 2.33. The van der Waals surface area contributed by atoms with Crippen molar-refractivity contribution in [1.29, 1.82) is 0 Å². The van der Waals surface area contributed by atoms with Gasteiger partial charge in [-0.3, -0.25) is 14.9 Å². The number of methoxy groups -OCH3 is 3. The van der Waals surface area contributed by atoms with Crippen molar-refractivity contribution in [1.82, 2.24) is 5.43 Å². The molecule has 1 N–H and O–H groups in total. The minimum absolute atomic E-state index is 0.0575. The summed E-state index contributed by atoms with van der Waals surface area (Å²) in [7, 11) is 4.19. The van der Waals surface area contributed by atoms with Crippen LogP contribution in [0.4, 0.5) is 5.69 Å². The van der Waals surface area contributed by atoms with Gasteiger partial charge in [-0.1, -0.05) is 12.1 Å². The van der Waals surface area contributed by atoms with Gasteiger partial charge in [0.25, 0.3) is 5.91 Å². The number of nitrogens with zero attached hydrogens (tertiary/aromatic N) is 2. The minimum atomic E-state index is -0.580. The molecule has 0 bridgehead atoms. The summed E-state index contributed by atoms with van der Waals surface area (Å²) < 4.78 is 15.3. The van der Waals surface area contributed by atoms with E-state index in [-0.39, 0.29) is 11.4 Å². The molecule has 0 spiro atoms. The number of rotatable bonds is 7. The number of hydrogen-bond donors (Lipinski definition) is 1. The Morgan fingerprint density at radius 1 is 1.08 bits per heavy atom. The standard InChI is InChI=1S/C17H17N3O6/c1-24-14-7-5-4-6-12(14)17(21)19-18-10-11-8-13(20(22)23)16(26-3)9-15(11)25-2/h4-10H,1-3H3,(H,19,21). The molecule has 1 amide bonds. The Hall–Kier alpha value is -3.62. The molecule has 0 saturated heterocycles. The lowest BCUT2D eigenvalue weighted by molar-refractivity contribution is -0.385. The zero-order valence-electron chi connectivity index (χ0n) is 14.4. The normalized spacial score (nSPS) is 10.4. The molecule has 2 aromatic rings. The maximum Gasteiger partial charge on any atom is 0.311 e. The van der Waals surface area contributed by atoms with Crippen molar-refractivity contribution in [2.24, 2.45) is 5.10 Å². The lowest BCUT2D eigenvalue weighted by atomic mass is 10.1. The second-order valence-corrected chi connectivity index (χ2v) is 4.92. The molecular formula is C17H17N3O6. The molecule has 0 fully saturated rings. The quantitative estimate of drug-likeness (QED) is 0.461. The van der Waals surface area contributed by atoms with E-state index in [0.717, 1.165) is 0 Å². The third-order valence-electron chi connectivity index (χ3n) is 3.45. The number of carbonyl (C=O) groups is 1. The first-order valence-corrected chi connectivity index (χ1v) is 7.38. The molecule has 2 rings (SSSR count). The molecule has 0 radical (unpaired) electrons. The van der Waals surface area contributed by atoms with E-state index in [2.05, 4.69) is 10.5 Å². The fraction of sp³-hybridized carbons (Fsp3) is 0.176. The molecule has 0 aromatic heterocycles. The Morgan fingerprint density at radius 2 is 1.73 bits per heavy atom. The lowest BCUT2D eigenvalue weighted by Crippen LogP contribution is -2.18. The number of nitro benzene ring substituents is 1. The first-order chi connectivity index (χ1) is 12.5. The third-order valence-corrected chi connectivity index (χ3v) is 3.45. The highest BCUT2D eigenvalue weighted by atomic mass is 16.6. The molecule has 136 valence electrons. The smallest absolute Gasteiger partial charge is 0.311 e. The van der Waals surface area contributed by atoms with E-state index >= 15 is 0 Å². The number of nitrogens with one attached hydrogen (secondary N) is 1. The summed E-state index contributed by atoms with van der Waals surface area (Å²) in [6.45, 7) is 0. The van der Waals surface area contributed by atoms with E-state index in [1.165, 1.54) is 39.7 Å². The summed E-state index contributed by atoms with van der Waals surface area (Å²) in [5.41, 5.74) is 2.71. The molecule has 0 saturated carbocycles. The molecule has 2 aromatic carbocycles. The van der Waals surface area contributed by atoms with E-state index in [9.17, 15) is 14.9 Å². The average Bonchev–Trinajstić information content (AvgIpc) is 2.67. The van der Waals surface area contributed by atoms with E-state index in [4.69, 9.17) is 14.2 Å². The van der Waals surface area contributed by atoms with Crippen molar-refractivity contribution >= 4 is 17.8 Å². The second kappa shape index (κ2) is 8.47. The number of amides is 1. The SMILES string of the molecule is COc1cc(OC)c([N+](=O)[O-])cc1C=NNC(=O)c1ccccc1OC. The van der Waals surface area contributed by atoms with Crippen LogP contribution in [-0.4, -0.2) is 38.4 Å². The molecule has 0 heterocycles. The maximum atomic E-state index is 12.2. The Kier molecular flexibility index (Phi) is 6.10. The van der Waals surface area contributed by atoms with Gasteiger partial charge >= 0.3 is 5.69 Å². The van der Waals surface area contributed by atoms with Gasteiger partial charge in [-0.2, -0.15) is 5.10 Å². The number of benzene rings is 2. The Labute approximate surface area is 149 Å². The fourth-order valence-electron chi connectivity index (χ4n) is 2.20. The molecule has 0 unspecified atom stereocenters. The predicted molar refractivity (Wildman–Crippen MR) is 94.3 cm³/mol. The van der Waals surface area contributed by atoms with Crippen LogP contribution in [0.5, 0.6) is 17.2 Å². The number of nitro groups is 1. The van der Waals surface area contributed by atoms with E-state index in [1.807, 2.05) is 0 Å². The second-order valence-electron chi connectivity index (χ2n) is 4.92. The number of para-hydroxylation sites is 1.